The molecular weight excluding hydrogens is 373 g/mol. The third-order valence-electron chi connectivity index (χ3n) is 5.02. The zero-order valence-corrected chi connectivity index (χ0v) is 15.2. The fourth-order valence-electron chi connectivity index (χ4n) is 3.52. The number of benzene rings is 1. The minimum atomic E-state index is -4.51. The fourth-order valence-corrected chi connectivity index (χ4v) is 3.52. The monoisotopic (exact) mass is 390 g/mol. The average Bonchev–Trinajstić information content (AvgIpc) is 3.28. The van der Waals surface area contributed by atoms with Gasteiger partial charge < -0.3 is 4.90 Å². The SMILES string of the molecule is Cc1c(C(=O)N2Cc3nnn(-c4cc[nH]n4)c3CC2C)cccc1C(F)(F)F. The van der Waals surface area contributed by atoms with E-state index >= 15 is 0 Å². The number of fused-ring (bicyclic) bond motifs is 1. The molecule has 0 saturated heterocycles. The molecule has 28 heavy (non-hydrogen) atoms. The van der Waals surface area contributed by atoms with Crippen LogP contribution < -0.4 is 0 Å². The summed E-state index contributed by atoms with van der Waals surface area (Å²) in [6, 6.07) is 5.19. The second-order valence-electron chi connectivity index (χ2n) is 6.79. The lowest BCUT2D eigenvalue weighted by molar-refractivity contribution is -0.138. The molecule has 146 valence electrons. The van der Waals surface area contributed by atoms with Gasteiger partial charge in [-0.1, -0.05) is 11.3 Å². The first-order valence-corrected chi connectivity index (χ1v) is 8.68. The molecule has 0 saturated carbocycles. The Hall–Kier alpha value is -3.17. The number of aromatic nitrogens is 5. The number of hydrogen-bond acceptors (Lipinski definition) is 4. The van der Waals surface area contributed by atoms with Crippen LogP contribution >= 0.6 is 0 Å². The summed E-state index contributed by atoms with van der Waals surface area (Å²) in [6.45, 7) is 3.35. The van der Waals surface area contributed by atoms with E-state index in [-0.39, 0.29) is 23.7 Å². The number of carbonyl (C=O) groups excluding carboxylic acids is 1. The minimum Gasteiger partial charge on any atom is -0.329 e. The van der Waals surface area contributed by atoms with E-state index in [1.165, 1.54) is 24.0 Å². The van der Waals surface area contributed by atoms with E-state index < -0.39 is 17.6 Å². The van der Waals surface area contributed by atoms with Crippen molar-refractivity contribution in [3.8, 4) is 5.82 Å². The molecule has 0 spiro atoms. The van der Waals surface area contributed by atoms with Gasteiger partial charge >= 0.3 is 6.18 Å². The number of halogens is 3. The molecular formula is C18H17F3N6O. The predicted molar refractivity (Wildman–Crippen MR) is 92.7 cm³/mol. The van der Waals surface area contributed by atoms with Gasteiger partial charge in [-0.25, -0.2) is 0 Å². The number of carbonyl (C=O) groups is 1. The Labute approximate surface area is 158 Å². The van der Waals surface area contributed by atoms with Crippen LogP contribution in [-0.4, -0.2) is 42.0 Å². The van der Waals surface area contributed by atoms with Crippen LogP contribution in [0.2, 0.25) is 0 Å². The van der Waals surface area contributed by atoms with Crippen LogP contribution in [-0.2, 0) is 19.1 Å². The summed E-state index contributed by atoms with van der Waals surface area (Å²) >= 11 is 0. The molecule has 0 radical (unpaired) electrons. The fraction of sp³-hybridized carbons (Fsp3) is 0.333. The van der Waals surface area contributed by atoms with Crippen LogP contribution in [0.3, 0.4) is 0 Å². The zero-order valence-electron chi connectivity index (χ0n) is 15.2. The molecule has 3 aromatic rings. The van der Waals surface area contributed by atoms with Crippen molar-refractivity contribution < 1.29 is 18.0 Å². The number of H-pyrrole nitrogens is 1. The lowest BCUT2D eigenvalue weighted by Crippen LogP contribution is -2.43. The second-order valence-corrected chi connectivity index (χ2v) is 6.79. The van der Waals surface area contributed by atoms with Crippen LogP contribution in [0.15, 0.2) is 30.5 Å². The van der Waals surface area contributed by atoms with Crippen molar-refractivity contribution in [3.05, 3.63) is 58.5 Å². The Morgan fingerprint density at radius 2 is 2.07 bits per heavy atom. The van der Waals surface area contributed by atoms with E-state index in [1.54, 1.807) is 16.9 Å². The normalized spacial score (nSPS) is 16.9. The number of hydrogen-bond donors (Lipinski definition) is 1. The molecule has 1 atom stereocenters. The summed E-state index contributed by atoms with van der Waals surface area (Å²) in [5.74, 6) is 0.144. The molecule has 4 rings (SSSR count). The van der Waals surface area contributed by atoms with Crippen molar-refractivity contribution >= 4 is 5.91 Å². The van der Waals surface area contributed by atoms with Gasteiger partial charge in [0.25, 0.3) is 5.91 Å². The lowest BCUT2D eigenvalue weighted by Gasteiger charge is -2.33. The molecule has 2 aromatic heterocycles. The van der Waals surface area contributed by atoms with Gasteiger partial charge in [0.1, 0.15) is 5.69 Å². The van der Waals surface area contributed by atoms with E-state index in [9.17, 15) is 18.0 Å². The van der Waals surface area contributed by atoms with Gasteiger partial charge in [-0.3, -0.25) is 9.89 Å². The minimum absolute atomic E-state index is 0.0461. The average molecular weight is 390 g/mol. The van der Waals surface area contributed by atoms with Crippen molar-refractivity contribution in [2.45, 2.75) is 39.0 Å². The Morgan fingerprint density at radius 1 is 1.29 bits per heavy atom. The molecule has 1 N–H and O–H groups in total. The molecule has 1 aromatic carbocycles. The van der Waals surface area contributed by atoms with Crippen LogP contribution in [0.5, 0.6) is 0 Å². The molecule has 0 aliphatic carbocycles. The third-order valence-corrected chi connectivity index (χ3v) is 5.02. The van der Waals surface area contributed by atoms with E-state index in [0.29, 0.717) is 17.9 Å². The predicted octanol–water partition coefficient (Wildman–Crippen LogP) is 2.90. The van der Waals surface area contributed by atoms with Gasteiger partial charge in [0, 0.05) is 30.3 Å². The molecule has 10 heteroatoms. The highest BCUT2D eigenvalue weighted by atomic mass is 19.4. The summed E-state index contributed by atoms with van der Waals surface area (Å²) in [7, 11) is 0. The molecule has 1 unspecified atom stereocenters. The molecule has 0 fully saturated rings. The zero-order chi connectivity index (χ0) is 20.1. The van der Waals surface area contributed by atoms with Crippen molar-refractivity contribution in [3.63, 3.8) is 0 Å². The largest absolute Gasteiger partial charge is 0.416 e. The Morgan fingerprint density at radius 3 is 2.75 bits per heavy atom. The number of rotatable bonds is 2. The summed E-state index contributed by atoms with van der Waals surface area (Å²) in [4.78, 5) is 14.6. The first-order valence-electron chi connectivity index (χ1n) is 8.68. The van der Waals surface area contributed by atoms with E-state index in [2.05, 4.69) is 20.5 Å². The third kappa shape index (κ3) is 2.94. The summed E-state index contributed by atoms with van der Waals surface area (Å²) in [6.07, 6.45) is -2.37. The van der Waals surface area contributed by atoms with Gasteiger partial charge in [-0.2, -0.15) is 23.0 Å². The quantitative estimate of drug-likeness (QED) is 0.730. The Kier molecular flexibility index (Phi) is 4.20. The first kappa shape index (κ1) is 18.2. The first-order chi connectivity index (χ1) is 13.3. The number of nitrogens with one attached hydrogen (secondary N) is 1. The standard InChI is InChI=1S/C18H17F3N6O/c1-10-8-15-14(23-25-27(15)16-6-7-22-24-16)9-26(10)17(28)12-4-3-5-13(11(12)2)18(19,20)21/h3-7,10H,8-9H2,1-2H3,(H,22,24). The summed E-state index contributed by atoms with van der Waals surface area (Å²) < 4.78 is 41.2. The lowest BCUT2D eigenvalue weighted by atomic mass is 9.98. The number of nitrogens with zero attached hydrogens (tertiary/aromatic N) is 5. The van der Waals surface area contributed by atoms with Gasteiger partial charge in [0.15, 0.2) is 5.82 Å². The molecule has 1 aliphatic heterocycles. The summed E-state index contributed by atoms with van der Waals surface area (Å²) in [5, 5.41) is 15.0. The maximum Gasteiger partial charge on any atom is 0.416 e. The van der Waals surface area contributed by atoms with Crippen LogP contribution in [0.1, 0.15) is 39.8 Å². The smallest absolute Gasteiger partial charge is 0.329 e. The van der Waals surface area contributed by atoms with E-state index in [4.69, 9.17) is 0 Å². The highest BCUT2D eigenvalue weighted by Gasteiger charge is 2.36. The van der Waals surface area contributed by atoms with Gasteiger partial charge in [0.2, 0.25) is 0 Å². The summed E-state index contributed by atoms with van der Waals surface area (Å²) in [5.41, 5.74) is 0.625. The molecule has 1 amide bonds. The number of alkyl halides is 3. The Bertz CT molecular complexity index is 1020. The topological polar surface area (TPSA) is 79.7 Å². The van der Waals surface area contributed by atoms with Crippen molar-refractivity contribution in [1.29, 1.82) is 0 Å². The van der Waals surface area contributed by atoms with Crippen molar-refractivity contribution in [1.82, 2.24) is 30.1 Å². The van der Waals surface area contributed by atoms with Crippen molar-refractivity contribution in [2.75, 3.05) is 0 Å². The van der Waals surface area contributed by atoms with Gasteiger partial charge in [-0.05, 0) is 31.5 Å². The Balaban J connectivity index is 1.66. The van der Waals surface area contributed by atoms with E-state index in [1.807, 2.05) is 6.92 Å². The highest BCUT2D eigenvalue weighted by molar-refractivity contribution is 5.96. The van der Waals surface area contributed by atoms with Gasteiger partial charge in [0.05, 0.1) is 17.8 Å². The van der Waals surface area contributed by atoms with Gasteiger partial charge in [-0.15, -0.1) is 5.10 Å². The van der Waals surface area contributed by atoms with Crippen LogP contribution in [0, 0.1) is 6.92 Å². The molecule has 1 aliphatic rings. The van der Waals surface area contributed by atoms with Crippen LogP contribution in [0.4, 0.5) is 13.2 Å². The number of aromatic amines is 1. The molecule has 7 nitrogen and oxygen atoms in total. The maximum atomic E-state index is 13.2. The maximum absolute atomic E-state index is 13.2. The van der Waals surface area contributed by atoms with Crippen LogP contribution in [0.25, 0.3) is 5.82 Å². The van der Waals surface area contributed by atoms with E-state index in [0.717, 1.165) is 11.8 Å². The molecule has 0 bridgehead atoms. The second kappa shape index (κ2) is 6.47. The number of amides is 1. The molecule has 3 heterocycles. The van der Waals surface area contributed by atoms with Crippen molar-refractivity contribution in [2.24, 2.45) is 0 Å². The highest BCUT2D eigenvalue weighted by Crippen LogP contribution is 2.34.